The van der Waals surface area contributed by atoms with E-state index in [1.807, 2.05) is 35.2 Å². The third-order valence-electron chi connectivity index (χ3n) is 4.15. The molecule has 1 heterocycles. The van der Waals surface area contributed by atoms with Crippen LogP contribution in [0.25, 0.3) is 0 Å². The molecule has 5 heteroatoms. The number of hydrogen-bond donors (Lipinski definition) is 0. The number of amides is 1. The number of ether oxygens (including phenoxy) is 1. The Morgan fingerprint density at radius 3 is 2.38 bits per heavy atom. The van der Waals surface area contributed by atoms with Crippen molar-refractivity contribution in [3.63, 3.8) is 0 Å². The third kappa shape index (κ3) is 3.24. The molecule has 5 nitrogen and oxygen atoms in total. The lowest BCUT2D eigenvalue weighted by Gasteiger charge is -2.38. The molecular formula is C16H20N2O3. The van der Waals surface area contributed by atoms with E-state index in [1.165, 1.54) is 0 Å². The lowest BCUT2D eigenvalue weighted by atomic mass is 10.1. The van der Waals surface area contributed by atoms with Crippen molar-refractivity contribution in [1.29, 1.82) is 0 Å². The van der Waals surface area contributed by atoms with Gasteiger partial charge >= 0.3 is 0 Å². The van der Waals surface area contributed by atoms with Crippen molar-refractivity contribution in [3.05, 3.63) is 35.9 Å². The van der Waals surface area contributed by atoms with Gasteiger partial charge in [-0.15, -0.1) is 0 Å². The van der Waals surface area contributed by atoms with Gasteiger partial charge in [-0.25, -0.2) is 0 Å². The van der Waals surface area contributed by atoms with Gasteiger partial charge in [0.15, 0.2) is 6.23 Å². The van der Waals surface area contributed by atoms with Gasteiger partial charge in [-0.1, -0.05) is 30.3 Å². The fourth-order valence-electron chi connectivity index (χ4n) is 2.81. The van der Waals surface area contributed by atoms with Crippen molar-refractivity contribution in [3.8, 4) is 0 Å². The number of carbonyl (C=O) groups is 2. The molecule has 0 N–H and O–H groups in total. The maximum Gasteiger partial charge on any atom is 0.294 e. The zero-order valence-corrected chi connectivity index (χ0v) is 12.0. The molecule has 1 aromatic carbocycles. The van der Waals surface area contributed by atoms with E-state index in [0.717, 1.165) is 31.5 Å². The summed E-state index contributed by atoms with van der Waals surface area (Å²) in [4.78, 5) is 26.9. The molecule has 0 aromatic heterocycles. The second-order valence-electron chi connectivity index (χ2n) is 5.63. The summed E-state index contributed by atoms with van der Waals surface area (Å²) < 4.78 is 5.26. The van der Waals surface area contributed by atoms with Gasteiger partial charge in [0.05, 0.1) is 0 Å². The first kappa shape index (κ1) is 14.1. The molecule has 1 aliphatic heterocycles. The third-order valence-corrected chi connectivity index (χ3v) is 4.15. The molecule has 21 heavy (non-hydrogen) atoms. The lowest BCUT2D eigenvalue weighted by Crippen LogP contribution is -2.50. The molecule has 2 aliphatic rings. The van der Waals surface area contributed by atoms with E-state index in [0.29, 0.717) is 25.5 Å². The monoisotopic (exact) mass is 288 g/mol. The van der Waals surface area contributed by atoms with E-state index in [4.69, 9.17) is 4.74 Å². The average Bonchev–Trinajstić information content (AvgIpc) is 3.38. The second-order valence-corrected chi connectivity index (χ2v) is 5.63. The van der Waals surface area contributed by atoms with Gasteiger partial charge in [0.25, 0.3) is 6.47 Å². The molecule has 0 bridgehead atoms. The van der Waals surface area contributed by atoms with Crippen LogP contribution in [0.3, 0.4) is 0 Å². The molecule has 0 radical (unpaired) electrons. The Morgan fingerprint density at radius 2 is 1.81 bits per heavy atom. The Kier molecular flexibility index (Phi) is 4.20. The van der Waals surface area contributed by atoms with Gasteiger partial charge in [0.2, 0.25) is 5.91 Å². The van der Waals surface area contributed by atoms with Crippen LogP contribution < -0.4 is 0 Å². The maximum absolute atomic E-state index is 12.1. The Morgan fingerprint density at radius 1 is 1.14 bits per heavy atom. The predicted octanol–water partition coefficient (Wildman–Crippen LogP) is 1.41. The Hall–Kier alpha value is -1.88. The van der Waals surface area contributed by atoms with Gasteiger partial charge in [0, 0.05) is 37.7 Å². The quantitative estimate of drug-likeness (QED) is 0.769. The van der Waals surface area contributed by atoms with Gasteiger partial charge in [-0.05, 0) is 12.8 Å². The SMILES string of the molecule is O=COC(c1ccccc1)N1CCN(C(=O)C2CC2)CC1. The highest BCUT2D eigenvalue weighted by Gasteiger charge is 2.35. The van der Waals surface area contributed by atoms with Gasteiger partial charge < -0.3 is 9.64 Å². The van der Waals surface area contributed by atoms with E-state index < -0.39 is 0 Å². The molecule has 112 valence electrons. The summed E-state index contributed by atoms with van der Waals surface area (Å²) in [7, 11) is 0. The van der Waals surface area contributed by atoms with Crippen LogP contribution in [0.4, 0.5) is 0 Å². The summed E-state index contributed by atoms with van der Waals surface area (Å²) in [5.41, 5.74) is 0.964. The van der Waals surface area contributed by atoms with Crippen LogP contribution in [-0.4, -0.2) is 48.4 Å². The minimum absolute atomic E-state index is 0.271. The van der Waals surface area contributed by atoms with Crippen molar-refractivity contribution < 1.29 is 14.3 Å². The average molecular weight is 288 g/mol. The molecule has 1 saturated carbocycles. The number of piperazine rings is 1. The van der Waals surface area contributed by atoms with E-state index in [2.05, 4.69) is 4.90 Å². The molecular weight excluding hydrogens is 268 g/mol. The number of hydrogen-bond acceptors (Lipinski definition) is 4. The summed E-state index contributed by atoms with van der Waals surface area (Å²) in [6.45, 7) is 3.37. The lowest BCUT2D eigenvalue weighted by molar-refractivity contribution is -0.149. The topological polar surface area (TPSA) is 49.9 Å². The van der Waals surface area contributed by atoms with Crippen LogP contribution in [0.15, 0.2) is 30.3 Å². The van der Waals surface area contributed by atoms with Crippen molar-refractivity contribution >= 4 is 12.4 Å². The fourth-order valence-corrected chi connectivity index (χ4v) is 2.81. The number of benzene rings is 1. The van der Waals surface area contributed by atoms with Crippen LogP contribution in [0, 0.1) is 5.92 Å². The number of rotatable bonds is 5. The molecule has 1 aromatic rings. The van der Waals surface area contributed by atoms with Crippen LogP contribution in [-0.2, 0) is 14.3 Å². The Balaban J connectivity index is 1.63. The van der Waals surface area contributed by atoms with Gasteiger partial charge in [0.1, 0.15) is 0 Å². The molecule has 2 fully saturated rings. The van der Waals surface area contributed by atoms with Crippen molar-refractivity contribution in [1.82, 2.24) is 9.80 Å². The molecule has 1 unspecified atom stereocenters. The minimum atomic E-state index is -0.359. The first-order valence-electron chi connectivity index (χ1n) is 7.46. The second kappa shape index (κ2) is 6.26. The number of carbonyl (C=O) groups excluding carboxylic acids is 2. The largest absolute Gasteiger partial charge is 0.444 e. The zero-order chi connectivity index (χ0) is 14.7. The smallest absolute Gasteiger partial charge is 0.294 e. The van der Waals surface area contributed by atoms with Crippen LogP contribution in [0.1, 0.15) is 24.6 Å². The van der Waals surface area contributed by atoms with E-state index in [-0.39, 0.29) is 12.1 Å². The summed E-state index contributed by atoms with van der Waals surface area (Å²) >= 11 is 0. The highest BCUT2D eigenvalue weighted by Crippen LogP contribution is 2.32. The molecule has 1 atom stereocenters. The Labute approximate surface area is 124 Å². The van der Waals surface area contributed by atoms with E-state index >= 15 is 0 Å². The zero-order valence-electron chi connectivity index (χ0n) is 12.0. The van der Waals surface area contributed by atoms with Crippen molar-refractivity contribution in [2.24, 2.45) is 5.92 Å². The van der Waals surface area contributed by atoms with Gasteiger partial charge in [-0.3, -0.25) is 14.5 Å². The maximum atomic E-state index is 12.1. The summed E-state index contributed by atoms with van der Waals surface area (Å²) in [5.74, 6) is 0.565. The standard InChI is InChI=1S/C16H20N2O3/c19-12-21-16(14-4-2-1-3-5-14)18-10-8-17(9-11-18)15(20)13-6-7-13/h1-5,12-13,16H,6-11H2. The predicted molar refractivity (Wildman–Crippen MR) is 77.2 cm³/mol. The highest BCUT2D eigenvalue weighted by molar-refractivity contribution is 5.81. The molecule has 3 rings (SSSR count). The molecule has 1 aliphatic carbocycles. The van der Waals surface area contributed by atoms with Crippen molar-refractivity contribution in [2.75, 3.05) is 26.2 Å². The molecule has 1 amide bonds. The molecule has 1 saturated heterocycles. The summed E-state index contributed by atoms with van der Waals surface area (Å²) in [5, 5.41) is 0. The first-order valence-corrected chi connectivity index (χ1v) is 7.46. The van der Waals surface area contributed by atoms with Crippen LogP contribution in [0.5, 0.6) is 0 Å². The minimum Gasteiger partial charge on any atom is -0.444 e. The van der Waals surface area contributed by atoms with Crippen molar-refractivity contribution in [2.45, 2.75) is 19.1 Å². The number of nitrogens with zero attached hydrogens (tertiary/aromatic N) is 2. The first-order chi connectivity index (χ1) is 10.3. The van der Waals surface area contributed by atoms with E-state index in [1.54, 1.807) is 0 Å². The van der Waals surface area contributed by atoms with Gasteiger partial charge in [-0.2, -0.15) is 0 Å². The molecule has 0 spiro atoms. The summed E-state index contributed by atoms with van der Waals surface area (Å²) in [6, 6.07) is 9.71. The normalized spacial score (nSPS) is 20.9. The summed E-state index contributed by atoms with van der Waals surface area (Å²) in [6.07, 6.45) is 1.72. The fraction of sp³-hybridized carbons (Fsp3) is 0.500. The Bertz CT molecular complexity index is 494. The highest BCUT2D eigenvalue weighted by atomic mass is 16.5. The van der Waals surface area contributed by atoms with Crippen LogP contribution in [0.2, 0.25) is 0 Å². The van der Waals surface area contributed by atoms with E-state index in [9.17, 15) is 9.59 Å². The van der Waals surface area contributed by atoms with Crippen LogP contribution >= 0.6 is 0 Å².